The van der Waals surface area contributed by atoms with E-state index in [0.717, 1.165) is 16.7 Å². The van der Waals surface area contributed by atoms with Crippen LogP contribution in [0.25, 0.3) is 11.0 Å². The normalized spacial score (nSPS) is 10.2. The molecule has 0 aliphatic rings. The molecule has 3 rings (SSSR count). The van der Waals surface area contributed by atoms with Crippen LogP contribution in [0.3, 0.4) is 0 Å². The van der Waals surface area contributed by atoms with Crippen LogP contribution in [0.4, 0.5) is 5.69 Å². The highest BCUT2D eigenvalue weighted by molar-refractivity contribution is 5.79. The largest absolute Gasteiger partial charge is 0.479 e. The first kappa shape index (κ1) is 13.0. The average molecular weight is 278 g/mol. The van der Waals surface area contributed by atoms with Crippen LogP contribution in [-0.4, -0.2) is 16.6 Å². The molecule has 0 bridgehead atoms. The molecule has 5 nitrogen and oxygen atoms in total. The van der Waals surface area contributed by atoms with Crippen molar-refractivity contribution in [3.63, 3.8) is 0 Å². The molecule has 1 aromatic carbocycles. The Morgan fingerprint density at radius 1 is 1.24 bits per heavy atom. The molecule has 2 N–H and O–H groups in total. The average Bonchev–Trinajstić information content (AvgIpc) is 2.95. The lowest BCUT2D eigenvalue weighted by Gasteiger charge is -2.07. The van der Waals surface area contributed by atoms with Crippen LogP contribution < -0.4 is 10.1 Å². The van der Waals surface area contributed by atoms with Crippen LogP contribution in [0.15, 0.2) is 48.8 Å². The van der Waals surface area contributed by atoms with Crippen LogP contribution >= 0.6 is 0 Å². The standard InChI is InChI=1S/C16H14N4O/c17-7-9-21-14-5-3-13(4-6-14)19-10-12-11-20-16-15(12)2-1-8-18-16/h1-6,8,11,19H,9-10H2,(H,18,20). The number of hydrogen-bond acceptors (Lipinski definition) is 4. The maximum atomic E-state index is 8.46. The number of nitrogens with zero attached hydrogens (tertiary/aromatic N) is 2. The fourth-order valence-corrected chi connectivity index (χ4v) is 2.14. The van der Waals surface area contributed by atoms with Crippen molar-refractivity contribution in [2.75, 3.05) is 11.9 Å². The lowest BCUT2D eigenvalue weighted by atomic mass is 10.2. The van der Waals surface area contributed by atoms with Gasteiger partial charge in [-0.3, -0.25) is 0 Å². The minimum absolute atomic E-state index is 0.0646. The van der Waals surface area contributed by atoms with Gasteiger partial charge in [0.05, 0.1) is 0 Å². The molecule has 0 saturated carbocycles. The second-order valence-corrected chi connectivity index (χ2v) is 4.54. The molecule has 0 atom stereocenters. The van der Waals surface area contributed by atoms with Crippen LogP contribution in [0, 0.1) is 11.3 Å². The van der Waals surface area contributed by atoms with Crippen molar-refractivity contribution < 1.29 is 4.74 Å². The monoisotopic (exact) mass is 278 g/mol. The van der Waals surface area contributed by atoms with E-state index in [1.165, 1.54) is 5.56 Å². The van der Waals surface area contributed by atoms with Crippen molar-refractivity contribution >= 4 is 16.7 Å². The Balaban J connectivity index is 1.66. The first-order valence-electron chi connectivity index (χ1n) is 6.61. The fraction of sp³-hybridized carbons (Fsp3) is 0.125. The van der Waals surface area contributed by atoms with Gasteiger partial charge in [-0.1, -0.05) is 0 Å². The van der Waals surface area contributed by atoms with E-state index in [4.69, 9.17) is 10.00 Å². The molecule has 0 saturated heterocycles. The van der Waals surface area contributed by atoms with Crippen LogP contribution in [0.1, 0.15) is 5.56 Å². The molecular weight excluding hydrogens is 264 g/mol. The van der Waals surface area contributed by atoms with Gasteiger partial charge in [-0.15, -0.1) is 0 Å². The van der Waals surface area contributed by atoms with Gasteiger partial charge in [0.25, 0.3) is 0 Å². The first-order chi connectivity index (χ1) is 10.4. The Hall–Kier alpha value is -3.00. The number of hydrogen-bond donors (Lipinski definition) is 2. The summed E-state index contributed by atoms with van der Waals surface area (Å²) in [4.78, 5) is 7.43. The van der Waals surface area contributed by atoms with Crippen molar-refractivity contribution in [1.29, 1.82) is 5.26 Å². The molecular formula is C16H14N4O. The van der Waals surface area contributed by atoms with Crippen LogP contribution in [-0.2, 0) is 6.54 Å². The van der Waals surface area contributed by atoms with Gasteiger partial charge in [-0.25, -0.2) is 4.98 Å². The number of aromatic amines is 1. The van der Waals surface area contributed by atoms with Gasteiger partial charge >= 0.3 is 0 Å². The number of H-pyrrole nitrogens is 1. The number of ether oxygens (including phenoxy) is 1. The number of anilines is 1. The van der Waals surface area contributed by atoms with Crippen molar-refractivity contribution in [1.82, 2.24) is 9.97 Å². The molecule has 0 fully saturated rings. The highest BCUT2D eigenvalue weighted by atomic mass is 16.5. The van der Waals surface area contributed by atoms with E-state index in [1.54, 1.807) is 6.20 Å². The minimum atomic E-state index is 0.0646. The maximum Gasteiger partial charge on any atom is 0.174 e. The van der Waals surface area contributed by atoms with Crippen molar-refractivity contribution in [3.05, 3.63) is 54.4 Å². The zero-order valence-electron chi connectivity index (χ0n) is 11.3. The molecule has 104 valence electrons. The van der Waals surface area contributed by atoms with Gasteiger partial charge < -0.3 is 15.0 Å². The van der Waals surface area contributed by atoms with E-state index < -0.39 is 0 Å². The molecule has 0 amide bonds. The number of benzene rings is 1. The smallest absolute Gasteiger partial charge is 0.174 e. The van der Waals surface area contributed by atoms with Gasteiger partial charge in [0.15, 0.2) is 6.61 Å². The summed E-state index contributed by atoms with van der Waals surface area (Å²) in [5.41, 5.74) is 3.06. The zero-order chi connectivity index (χ0) is 14.5. The number of pyridine rings is 1. The highest BCUT2D eigenvalue weighted by Crippen LogP contribution is 2.19. The first-order valence-corrected chi connectivity index (χ1v) is 6.61. The topological polar surface area (TPSA) is 73.7 Å². The number of nitriles is 1. The Morgan fingerprint density at radius 2 is 2.10 bits per heavy atom. The predicted molar refractivity (Wildman–Crippen MR) is 81.0 cm³/mol. The third kappa shape index (κ3) is 2.95. The van der Waals surface area contributed by atoms with Crippen molar-refractivity contribution in [3.8, 4) is 11.8 Å². The summed E-state index contributed by atoms with van der Waals surface area (Å²) in [5.74, 6) is 0.693. The number of nitrogens with one attached hydrogen (secondary N) is 2. The molecule has 0 unspecified atom stereocenters. The van der Waals surface area contributed by atoms with E-state index >= 15 is 0 Å². The lowest BCUT2D eigenvalue weighted by Crippen LogP contribution is -1.99. The van der Waals surface area contributed by atoms with E-state index in [0.29, 0.717) is 12.3 Å². The fourth-order valence-electron chi connectivity index (χ4n) is 2.14. The third-order valence-electron chi connectivity index (χ3n) is 3.18. The summed E-state index contributed by atoms with van der Waals surface area (Å²) < 4.78 is 5.22. The molecule has 2 heterocycles. The van der Waals surface area contributed by atoms with Crippen molar-refractivity contribution in [2.24, 2.45) is 0 Å². The molecule has 5 heteroatoms. The summed E-state index contributed by atoms with van der Waals surface area (Å²) in [5, 5.41) is 12.9. The molecule has 3 aromatic rings. The molecule has 2 aromatic heterocycles. The third-order valence-corrected chi connectivity index (χ3v) is 3.18. The Labute approximate surface area is 122 Å². The Bertz CT molecular complexity index is 771. The summed E-state index contributed by atoms with van der Waals surface area (Å²) in [6, 6.07) is 13.5. The highest BCUT2D eigenvalue weighted by Gasteiger charge is 2.03. The van der Waals surface area contributed by atoms with E-state index in [-0.39, 0.29) is 6.61 Å². The summed E-state index contributed by atoms with van der Waals surface area (Å²) >= 11 is 0. The Kier molecular flexibility index (Phi) is 3.70. The van der Waals surface area contributed by atoms with Crippen LogP contribution in [0.2, 0.25) is 0 Å². The number of rotatable bonds is 5. The predicted octanol–water partition coefficient (Wildman–Crippen LogP) is 3.08. The minimum Gasteiger partial charge on any atom is -0.479 e. The summed E-state index contributed by atoms with van der Waals surface area (Å²) in [6.07, 6.45) is 3.74. The lowest BCUT2D eigenvalue weighted by molar-refractivity contribution is 0.368. The zero-order valence-corrected chi connectivity index (χ0v) is 11.3. The quantitative estimate of drug-likeness (QED) is 0.752. The second-order valence-electron chi connectivity index (χ2n) is 4.54. The molecule has 0 aliphatic heterocycles. The summed E-state index contributed by atoms with van der Waals surface area (Å²) in [7, 11) is 0. The molecule has 21 heavy (non-hydrogen) atoms. The van der Waals surface area contributed by atoms with Crippen molar-refractivity contribution in [2.45, 2.75) is 6.54 Å². The Morgan fingerprint density at radius 3 is 2.90 bits per heavy atom. The SMILES string of the molecule is N#CCOc1ccc(NCc2c[nH]c3ncccc23)cc1. The van der Waals surface area contributed by atoms with Gasteiger partial charge in [0.2, 0.25) is 0 Å². The van der Waals surface area contributed by atoms with E-state index in [2.05, 4.69) is 21.4 Å². The van der Waals surface area contributed by atoms with Gasteiger partial charge in [0.1, 0.15) is 17.5 Å². The maximum absolute atomic E-state index is 8.46. The molecule has 0 radical (unpaired) electrons. The van der Waals surface area contributed by atoms with E-state index in [1.807, 2.05) is 42.6 Å². The van der Waals surface area contributed by atoms with Gasteiger partial charge in [-0.2, -0.15) is 5.26 Å². The summed E-state index contributed by atoms with van der Waals surface area (Å²) in [6.45, 7) is 0.777. The number of aromatic nitrogens is 2. The van der Waals surface area contributed by atoms with Gasteiger partial charge in [-0.05, 0) is 42.0 Å². The molecule has 0 spiro atoms. The second kappa shape index (κ2) is 5.97. The van der Waals surface area contributed by atoms with Gasteiger partial charge in [0, 0.05) is 30.0 Å². The van der Waals surface area contributed by atoms with Crippen LogP contribution in [0.5, 0.6) is 5.75 Å². The molecule has 0 aliphatic carbocycles. The number of fused-ring (bicyclic) bond motifs is 1. The van der Waals surface area contributed by atoms with E-state index in [9.17, 15) is 0 Å².